The van der Waals surface area contributed by atoms with Crippen molar-refractivity contribution < 1.29 is 23.8 Å². The van der Waals surface area contributed by atoms with Gasteiger partial charge in [0.2, 0.25) is 0 Å². The standard InChI is InChI=1S/C15H14FN3O4/c1-23-15(22)10-8-19(4-5-20)14(21)13(10)18-12-6-9(7-17)2-3-11(12)16/h2-3,6,18,20H,4-5,8H2,1H3. The van der Waals surface area contributed by atoms with Gasteiger partial charge in [0, 0.05) is 6.54 Å². The number of esters is 1. The zero-order chi connectivity index (χ0) is 17.0. The molecule has 0 aliphatic carbocycles. The van der Waals surface area contributed by atoms with Crippen molar-refractivity contribution in [1.29, 1.82) is 5.26 Å². The first-order valence-corrected chi connectivity index (χ1v) is 6.70. The van der Waals surface area contributed by atoms with E-state index >= 15 is 0 Å². The molecule has 0 bridgehead atoms. The maximum atomic E-state index is 13.9. The molecule has 1 heterocycles. The van der Waals surface area contributed by atoms with Gasteiger partial charge in [-0.15, -0.1) is 0 Å². The second-order valence-corrected chi connectivity index (χ2v) is 4.73. The second kappa shape index (κ2) is 6.89. The molecule has 0 spiro atoms. The van der Waals surface area contributed by atoms with Crippen molar-refractivity contribution in [3.05, 3.63) is 40.8 Å². The molecule has 0 atom stereocenters. The Kier molecular flexibility index (Phi) is 4.93. The summed E-state index contributed by atoms with van der Waals surface area (Å²) in [5.74, 6) is -1.95. The van der Waals surface area contributed by atoms with Gasteiger partial charge in [-0.25, -0.2) is 9.18 Å². The summed E-state index contributed by atoms with van der Waals surface area (Å²) in [5, 5.41) is 20.4. The third-order valence-electron chi connectivity index (χ3n) is 3.31. The van der Waals surface area contributed by atoms with Gasteiger partial charge in [-0.3, -0.25) is 4.79 Å². The van der Waals surface area contributed by atoms with Crippen molar-refractivity contribution in [2.24, 2.45) is 0 Å². The summed E-state index contributed by atoms with van der Waals surface area (Å²) in [6.45, 7) is -0.287. The van der Waals surface area contributed by atoms with E-state index in [-0.39, 0.29) is 42.2 Å². The van der Waals surface area contributed by atoms with Crippen molar-refractivity contribution in [3.8, 4) is 6.07 Å². The molecule has 7 nitrogen and oxygen atoms in total. The Bertz CT molecular complexity index is 724. The normalized spacial score (nSPS) is 14.0. The topological polar surface area (TPSA) is 103 Å². The highest BCUT2D eigenvalue weighted by Gasteiger charge is 2.34. The van der Waals surface area contributed by atoms with Crippen LogP contribution in [0.5, 0.6) is 0 Å². The van der Waals surface area contributed by atoms with Crippen LogP contribution in [0.15, 0.2) is 29.5 Å². The molecule has 1 aliphatic rings. The van der Waals surface area contributed by atoms with Crippen molar-refractivity contribution in [1.82, 2.24) is 4.90 Å². The third kappa shape index (κ3) is 3.30. The monoisotopic (exact) mass is 319 g/mol. The van der Waals surface area contributed by atoms with Crippen LogP contribution >= 0.6 is 0 Å². The number of carbonyl (C=O) groups excluding carboxylic acids is 2. The number of ether oxygens (including phenoxy) is 1. The zero-order valence-corrected chi connectivity index (χ0v) is 12.3. The summed E-state index contributed by atoms with van der Waals surface area (Å²) in [6.07, 6.45) is 0. The van der Waals surface area contributed by atoms with Crippen LogP contribution < -0.4 is 5.32 Å². The van der Waals surface area contributed by atoms with Crippen LogP contribution in [0.4, 0.5) is 10.1 Å². The van der Waals surface area contributed by atoms with E-state index in [1.165, 1.54) is 24.1 Å². The van der Waals surface area contributed by atoms with E-state index in [1.807, 2.05) is 6.07 Å². The lowest BCUT2D eigenvalue weighted by Gasteiger charge is -2.15. The van der Waals surface area contributed by atoms with Crippen molar-refractivity contribution >= 4 is 17.6 Å². The summed E-state index contributed by atoms with van der Waals surface area (Å²) in [6, 6.07) is 5.48. The first kappa shape index (κ1) is 16.5. The molecule has 1 aliphatic heterocycles. The molecular formula is C15H14FN3O4. The lowest BCUT2D eigenvalue weighted by molar-refractivity contribution is -0.136. The number of amides is 1. The van der Waals surface area contributed by atoms with Crippen LogP contribution in [0.25, 0.3) is 0 Å². The maximum absolute atomic E-state index is 13.9. The van der Waals surface area contributed by atoms with E-state index in [2.05, 4.69) is 10.1 Å². The van der Waals surface area contributed by atoms with Gasteiger partial charge in [-0.1, -0.05) is 0 Å². The van der Waals surface area contributed by atoms with Crippen LogP contribution in [-0.2, 0) is 14.3 Å². The number of anilines is 1. The number of rotatable bonds is 5. The molecule has 0 radical (unpaired) electrons. The number of nitrogens with zero attached hydrogens (tertiary/aromatic N) is 2. The Morgan fingerprint density at radius 2 is 2.30 bits per heavy atom. The Balaban J connectivity index is 2.39. The smallest absolute Gasteiger partial charge is 0.337 e. The number of nitriles is 1. The zero-order valence-electron chi connectivity index (χ0n) is 12.3. The third-order valence-corrected chi connectivity index (χ3v) is 3.31. The maximum Gasteiger partial charge on any atom is 0.337 e. The minimum atomic E-state index is -0.724. The highest BCUT2D eigenvalue weighted by Crippen LogP contribution is 2.24. The number of hydrogen-bond donors (Lipinski definition) is 2. The summed E-state index contributed by atoms with van der Waals surface area (Å²) in [7, 11) is 1.17. The number of benzene rings is 1. The summed E-state index contributed by atoms with van der Waals surface area (Å²) >= 11 is 0. The average Bonchev–Trinajstić information content (AvgIpc) is 2.86. The highest BCUT2D eigenvalue weighted by molar-refractivity contribution is 6.08. The quantitative estimate of drug-likeness (QED) is 0.760. The average molecular weight is 319 g/mol. The van der Waals surface area contributed by atoms with Crippen LogP contribution in [0.2, 0.25) is 0 Å². The number of aliphatic hydroxyl groups is 1. The largest absolute Gasteiger partial charge is 0.466 e. The Morgan fingerprint density at radius 3 is 2.91 bits per heavy atom. The van der Waals surface area contributed by atoms with E-state index in [0.717, 1.165) is 6.07 Å². The molecule has 1 aromatic carbocycles. The number of nitrogens with one attached hydrogen (secondary N) is 1. The SMILES string of the molecule is COC(=O)C1=C(Nc2cc(C#N)ccc2F)C(=O)N(CCO)C1. The van der Waals surface area contributed by atoms with Gasteiger partial charge < -0.3 is 20.1 Å². The van der Waals surface area contributed by atoms with Crippen molar-refractivity contribution in [3.63, 3.8) is 0 Å². The molecule has 0 fully saturated rings. The lowest BCUT2D eigenvalue weighted by atomic mass is 10.2. The minimum Gasteiger partial charge on any atom is -0.466 e. The summed E-state index contributed by atoms with van der Waals surface area (Å²) < 4.78 is 18.5. The fourth-order valence-electron chi connectivity index (χ4n) is 2.17. The molecule has 23 heavy (non-hydrogen) atoms. The minimum absolute atomic E-state index is 0.0330. The van der Waals surface area contributed by atoms with E-state index in [4.69, 9.17) is 10.4 Å². The predicted octanol–water partition coefficient (Wildman–Crippen LogP) is 0.371. The van der Waals surface area contributed by atoms with E-state index in [9.17, 15) is 14.0 Å². The van der Waals surface area contributed by atoms with Crippen molar-refractivity contribution in [2.45, 2.75) is 0 Å². The van der Waals surface area contributed by atoms with Gasteiger partial charge in [0.25, 0.3) is 5.91 Å². The highest BCUT2D eigenvalue weighted by atomic mass is 19.1. The van der Waals surface area contributed by atoms with Gasteiger partial charge in [-0.2, -0.15) is 5.26 Å². The summed E-state index contributed by atoms with van der Waals surface area (Å²) in [5.41, 5.74) is 0.0124. The molecular weight excluding hydrogens is 305 g/mol. The van der Waals surface area contributed by atoms with Gasteiger partial charge in [0.05, 0.1) is 43.2 Å². The number of methoxy groups -OCH3 is 1. The number of aliphatic hydroxyl groups excluding tert-OH is 1. The summed E-state index contributed by atoms with van der Waals surface area (Å²) in [4.78, 5) is 25.3. The molecule has 2 rings (SSSR count). The Labute approximate surface area is 131 Å². The first-order chi connectivity index (χ1) is 11.0. The molecule has 0 saturated carbocycles. The number of carbonyl (C=O) groups is 2. The van der Waals surface area contributed by atoms with Gasteiger partial charge in [-0.05, 0) is 18.2 Å². The van der Waals surface area contributed by atoms with Crippen molar-refractivity contribution in [2.75, 3.05) is 32.1 Å². The molecule has 8 heteroatoms. The molecule has 0 saturated heterocycles. The molecule has 0 unspecified atom stereocenters. The first-order valence-electron chi connectivity index (χ1n) is 6.70. The number of β-amino-alcohol motifs (C(OH)–C–C–N with tert-alkyl or cyclic N) is 1. The molecule has 0 aromatic heterocycles. The van der Waals surface area contributed by atoms with Crippen LogP contribution in [0.1, 0.15) is 5.56 Å². The molecule has 1 amide bonds. The van der Waals surface area contributed by atoms with Crippen LogP contribution in [0, 0.1) is 17.1 Å². The van der Waals surface area contributed by atoms with Gasteiger partial charge in [0.1, 0.15) is 11.5 Å². The molecule has 120 valence electrons. The van der Waals surface area contributed by atoms with E-state index in [0.29, 0.717) is 0 Å². The molecule has 1 aromatic rings. The Morgan fingerprint density at radius 1 is 1.57 bits per heavy atom. The van der Waals surface area contributed by atoms with E-state index in [1.54, 1.807) is 0 Å². The van der Waals surface area contributed by atoms with E-state index < -0.39 is 17.7 Å². The lowest BCUT2D eigenvalue weighted by Crippen LogP contribution is -2.31. The number of halogens is 1. The Hall–Kier alpha value is -2.92. The molecule has 2 N–H and O–H groups in total. The predicted molar refractivity (Wildman–Crippen MR) is 77.4 cm³/mol. The fourth-order valence-corrected chi connectivity index (χ4v) is 2.17. The van der Waals surface area contributed by atoms with Gasteiger partial charge >= 0.3 is 5.97 Å². The van der Waals surface area contributed by atoms with Crippen LogP contribution in [-0.4, -0.2) is 48.7 Å². The second-order valence-electron chi connectivity index (χ2n) is 4.73. The van der Waals surface area contributed by atoms with Crippen LogP contribution in [0.3, 0.4) is 0 Å². The number of hydrogen-bond acceptors (Lipinski definition) is 6. The fraction of sp³-hybridized carbons (Fsp3) is 0.267. The van der Waals surface area contributed by atoms with Gasteiger partial charge in [0.15, 0.2) is 0 Å².